The number of pyridine rings is 1. The number of benzene rings is 2. The number of primary amides is 1. The van der Waals surface area contributed by atoms with Crippen LogP contribution < -0.4 is 20.5 Å². The number of ether oxygens (including phenoxy) is 2. The lowest BCUT2D eigenvalue weighted by molar-refractivity contribution is -0.123. The highest BCUT2D eigenvalue weighted by Crippen LogP contribution is 2.50. The standard InChI is InChI=1S/C30H27ClF3N5O5/c1-29(27(35)41)13-44-25-18(29)10-21(37-24(25)17-4-3-5-19(32)22(17)31)30(42,16-6-7-16)12-36-26(40)14-8-15-11-39(28(33)34)38-23(15)20(9-14)43-2/h3-5,8-11,16,28,42H,6-7,12-13H2,1-2H3,(H2,35,41)(H,36,40)/t29-,30?/m0/s1. The van der Waals surface area contributed by atoms with Crippen molar-refractivity contribution in [2.75, 3.05) is 20.3 Å². The molecule has 2 aliphatic rings. The molecular formula is C30H27ClF3N5O5. The monoisotopic (exact) mass is 629 g/mol. The first-order valence-corrected chi connectivity index (χ1v) is 14.0. The number of nitrogens with zero attached hydrogens (tertiary/aromatic N) is 3. The Kier molecular flexibility index (Phi) is 7.20. The second-order valence-corrected chi connectivity index (χ2v) is 11.6. The fraction of sp³-hybridized carbons (Fsp3) is 0.333. The number of hydrogen-bond donors (Lipinski definition) is 3. The number of fused-ring (bicyclic) bond motifs is 2. The minimum absolute atomic E-state index is 0.0881. The van der Waals surface area contributed by atoms with Gasteiger partial charge in [-0.2, -0.15) is 13.9 Å². The summed E-state index contributed by atoms with van der Waals surface area (Å²) in [6, 6.07) is 8.46. The lowest BCUT2D eigenvalue weighted by Gasteiger charge is -2.30. The molecule has 44 heavy (non-hydrogen) atoms. The number of methoxy groups -OCH3 is 1. The van der Waals surface area contributed by atoms with Gasteiger partial charge in [0.05, 0.1) is 24.4 Å². The van der Waals surface area contributed by atoms with Crippen molar-refractivity contribution in [3.8, 4) is 22.8 Å². The lowest BCUT2D eigenvalue weighted by Crippen LogP contribution is -2.44. The van der Waals surface area contributed by atoms with Crippen LogP contribution in [0, 0.1) is 11.7 Å². The van der Waals surface area contributed by atoms with Crippen molar-refractivity contribution in [1.82, 2.24) is 20.1 Å². The van der Waals surface area contributed by atoms with Crippen molar-refractivity contribution in [3.05, 3.63) is 70.3 Å². The van der Waals surface area contributed by atoms with E-state index in [4.69, 9.17) is 26.8 Å². The molecule has 14 heteroatoms. The normalized spacial score (nSPS) is 19.0. The maximum atomic E-state index is 14.5. The van der Waals surface area contributed by atoms with Crippen molar-refractivity contribution in [3.63, 3.8) is 0 Å². The molecule has 3 heterocycles. The number of aromatic nitrogens is 3. The number of carbonyl (C=O) groups excluding carboxylic acids is 2. The molecule has 4 N–H and O–H groups in total. The summed E-state index contributed by atoms with van der Waals surface area (Å²) >= 11 is 6.32. The number of alkyl halides is 2. The molecule has 6 rings (SSSR count). The van der Waals surface area contributed by atoms with Gasteiger partial charge in [0.1, 0.15) is 46.1 Å². The summed E-state index contributed by atoms with van der Waals surface area (Å²) in [5.74, 6) is -1.99. The van der Waals surface area contributed by atoms with E-state index in [-0.39, 0.29) is 69.0 Å². The first kappa shape index (κ1) is 29.7. The van der Waals surface area contributed by atoms with Crippen LogP contribution in [0.4, 0.5) is 13.2 Å². The van der Waals surface area contributed by atoms with E-state index in [9.17, 15) is 27.9 Å². The molecule has 1 unspecified atom stereocenters. The summed E-state index contributed by atoms with van der Waals surface area (Å²) in [5, 5.41) is 18.7. The van der Waals surface area contributed by atoms with Crippen molar-refractivity contribution in [2.45, 2.75) is 37.3 Å². The van der Waals surface area contributed by atoms with Crippen LogP contribution in [0.25, 0.3) is 22.2 Å². The van der Waals surface area contributed by atoms with Gasteiger partial charge in [-0.15, -0.1) is 0 Å². The predicted octanol–water partition coefficient (Wildman–Crippen LogP) is 4.46. The highest BCUT2D eigenvalue weighted by molar-refractivity contribution is 6.33. The van der Waals surface area contributed by atoms with E-state index < -0.39 is 35.2 Å². The van der Waals surface area contributed by atoms with Gasteiger partial charge >= 0.3 is 6.55 Å². The molecule has 2 amide bonds. The van der Waals surface area contributed by atoms with E-state index in [1.807, 2.05) is 0 Å². The van der Waals surface area contributed by atoms with Gasteiger partial charge in [0.25, 0.3) is 5.91 Å². The van der Waals surface area contributed by atoms with Gasteiger partial charge in [-0.3, -0.25) is 9.59 Å². The molecule has 0 bridgehead atoms. The zero-order valence-electron chi connectivity index (χ0n) is 23.5. The maximum Gasteiger partial charge on any atom is 0.333 e. The fourth-order valence-electron chi connectivity index (χ4n) is 5.51. The minimum atomic E-state index is -2.88. The van der Waals surface area contributed by atoms with E-state index >= 15 is 0 Å². The summed E-state index contributed by atoms with van der Waals surface area (Å²) in [7, 11) is 1.33. The number of halogens is 4. The number of aliphatic hydroxyl groups is 1. The molecule has 1 saturated carbocycles. The van der Waals surface area contributed by atoms with Crippen LogP contribution in [-0.4, -0.2) is 51.9 Å². The van der Waals surface area contributed by atoms with E-state index in [2.05, 4.69) is 15.4 Å². The van der Waals surface area contributed by atoms with Gasteiger partial charge in [-0.25, -0.2) is 14.1 Å². The smallest absolute Gasteiger partial charge is 0.333 e. The molecule has 230 valence electrons. The predicted molar refractivity (Wildman–Crippen MR) is 153 cm³/mol. The zero-order chi connectivity index (χ0) is 31.6. The van der Waals surface area contributed by atoms with Crippen molar-refractivity contribution in [1.29, 1.82) is 0 Å². The third-order valence-corrected chi connectivity index (χ3v) is 8.70. The molecule has 4 aromatic rings. The summed E-state index contributed by atoms with van der Waals surface area (Å²) in [5.41, 5.74) is 3.75. The fourth-order valence-corrected chi connectivity index (χ4v) is 5.72. The third-order valence-electron chi connectivity index (χ3n) is 8.31. The molecule has 1 aliphatic heterocycles. The summed E-state index contributed by atoms with van der Waals surface area (Å²) in [6.45, 7) is -1.69. The average molecular weight is 630 g/mol. The molecule has 2 atom stereocenters. The second-order valence-electron chi connectivity index (χ2n) is 11.2. The van der Waals surface area contributed by atoms with E-state index in [0.29, 0.717) is 23.1 Å². The Morgan fingerprint density at radius 1 is 1.32 bits per heavy atom. The molecule has 0 radical (unpaired) electrons. The van der Waals surface area contributed by atoms with Gasteiger partial charge in [0.15, 0.2) is 0 Å². The number of nitrogens with two attached hydrogens (primary N) is 1. The van der Waals surface area contributed by atoms with Gasteiger partial charge < -0.3 is 25.6 Å². The van der Waals surface area contributed by atoms with Crippen LogP contribution in [0.1, 0.15) is 47.9 Å². The van der Waals surface area contributed by atoms with Crippen LogP contribution in [0.2, 0.25) is 5.02 Å². The van der Waals surface area contributed by atoms with E-state index in [0.717, 1.165) is 6.20 Å². The zero-order valence-corrected chi connectivity index (χ0v) is 24.3. The molecule has 10 nitrogen and oxygen atoms in total. The SMILES string of the molecule is COc1cc(C(=O)NCC(O)(c2cc3c(c(-c4cccc(F)c4Cl)n2)OC[C@]3(C)C(N)=O)C2CC2)cc2cn(C(F)F)nc12. The minimum Gasteiger partial charge on any atom is -0.494 e. The van der Waals surface area contributed by atoms with E-state index in [1.54, 1.807) is 13.0 Å². The molecule has 2 aromatic carbocycles. The second kappa shape index (κ2) is 10.7. The molecule has 1 aliphatic carbocycles. The number of rotatable bonds is 9. The largest absolute Gasteiger partial charge is 0.494 e. The Balaban J connectivity index is 1.40. The Morgan fingerprint density at radius 3 is 2.73 bits per heavy atom. The Morgan fingerprint density at radius 2 is 2.07 bits per heavy atom. The van der Waals surface area contributed by atoms with Gasteiger partial charge in [0, 0.05) is 28.3 Å². The van der Waals surface area contributed by atoms with Gasteiger partial charge in [0.2, 0.25) is 5.91 Å². The number of carbonyl (C=O) groups is 2. The summed E-state index contributed by atoms with van der Waals surface area (Å²) in [6.07, 6.45) is 2.35. The molecule has 0 spiro atoms. The van der Waals surface area contributed by atoms with Crippen LogP contribution in [0.15, 0.2) is 42.6 Å². The lowest BCUT2D eigenvalue weighted by atomic mass is 9.81. The quantitative estimate of drug-likeness (QED) is 0.248. The Labute approximate surface area is 253 Å². The highest BCUT2D eigenvalue weighted by atomic mass is 35.5. The number of amides is 2. The topological polar surface area (TPSA) is 142 Å². The number of nitrogens with one attached hydrogen (secondary N) is 1. The summed E-state index contributed by atoms with van der Waals surface area (Å²) in [4.78, 5) is 30.6. The van der Waals surface area contributed by atoms with Crippen LogP contribution in [0.3, 0.4) is 0 Å². The molecule has 1 fully saturated rings. The summed E-state index contributed by atoms with van der Waals surface area (Å²) < 4.78 is 52.6. The number of hydrogen-bond acceptors (Lipinski definition) is 7. The van der Waals surface area contributed by atoms with Gasteiger partial charge in [-0.05, 0) is 49.9 Å². The first-order chi connectivity index (χ1) is 20.9. The van der Waals surface area contributed by atoms with Crippen molar-refractivity contribution >= 4 is 34.3 Å². The first-order valence-electron chi connectivity index (χ1n) is 13.7. The molecular weight excluding hydrogens is 603 g/mol. The average Bonchev–Trinajstić information content (AvgIpc) is 3.68. The maximum absolute atomic E-state index is 14.5. The van der Waals surface area contributed by atoms with Crippen molar-refractivity contribution in [2.24, 2.45) is 11.7 Å². The Bertz CT molecular complexity index is 1830. The van der Waals surface area contributed by atoms with Crippen LogP contribution in [-0.2, 0) is 15.8 Å². The molecule has 2 aromatic heterocycles. The van der Waals surface area contributed by atoms with Gasteiger partial charge in [-0.1, -0.05) is 23.7 Å². The Hall–Kier alpha value is -4.36. The van der Waals surface area contributed by atoms with Crippen LogP contribution >= 0.6 is 11.6 Å². The van der Waals surface area contributed by atoms with E-state index in [1.165, 1.54) is 37.4 Å². The molecule has 0 saturated heterocycles. The van der Waals surface area contributed by atoms with Crippen LogP contribution in [0.5, 0.6) is 11.5 Å². The van der Waals surface area contributed by atoms with Crippen molar-refractivity contribution < 1.29 is 37.3 Å². The third kappa shape index (κ3) is 4.80. The highest BCUT2D eigenvalue weighted by Gasteiger charge is 2.50.